The summed E-state index contributed by atoms with van der Waals surface area (Å²) < 4.78 is 0. The van der Waals surface area contributed by atoms with Crippen molar-refractivity contribution in [3.63, 3.8) is 0 Å². The molecule has 1 heterocycles. The van der Waals surface area contributed by atoms with Crippen LogP contribution in [0.4, 0.5) is 0 Å². The van der Waals surface area contributed by atoms with E-state index in [9.17, 15) is 5.11 Å². The molecule has 2 rings (SSSR count). The van der Waals surface area contributed by atoms with Gasteiger partial charge in [0.15, 0.2) is 0 Å². The number of halogens is 1. The fourth-order valence-electron chi connectivity index (χ4n) is 2.61. The number of aliphatic hydroxyl groups is 1. The van der Waals surface area contributed by atoms with Crippen LogP contribution in [0.15, 0.2) is 24.3 Å². The lowest BCUT2D eigenvalue weighted by Gasteiger charge is -2.25. The average Bonchev–Trinajstić information content (AvgIpc) is 2.68. The molecule has 1 aromatic rings. The summed E-state index contributed by atoms with van der Waals surface area (Å²) in [5, 5.41) is 10.3. The van der Waals surface area contributed by atoms with Gasteiger partial charge in [0.1, 0.15) is 0 Å². The molecular weight excluding hydrogens is 234 g/mol. The van der Waals surface area contributed by atoms with Crippen LogP contribution in [0.5, 0.6) is 0 Å². The van der Waals surface area contributed by atoms with Gasteiger partial charge in [0.05, 0.1) is 6.10 Å². The van der Waals surface area contributed by atoms with Gasteiger partial charge in [-0.15, -0.1) is 0 Å². The molecule has 17 heavy (non-hydrogen) atoms. The van der Waals surface area contributed by atoms with Crippen LogP contribution in [-0.4, -0.2) is 28.7 Å². The minimum Gasteiger partial charge on any atom is -0.393 e. The summed E-state index contributed by atoms with van der Waals surface area (Å²) in [6.07, 6.45) is 3.06. The van der Waals surface area contributed by atoms with Gasteiger partial charge in [-0.05, 0) is 44.4 Å². The van der Waals surface area contributed by atoms with Gasteiger partial charge in [0.2, 0.25) is 0 Å². The molecule has 1 aliphatic rings. The summed E-state index contributed by atoms with van der Waals surface area (Å²) in [7, 11) is 0. The first-order chi connectivity index (χ1) is 8.16. The van der Waals surface area contributed by atoms with Gasteiger partial charge in [-0.1, -0.05) is 29.8 Å². The molecule has 3 heteroatoms. The van der Waals surface area contributed by atoms with E-state index in [1.54, 1.807) is 0 Å². The Balaban J connectivity index is 2.00. The maximum atomic E-state index is 9.50. The van der Waals surface area contributed by atoms with Crippen LogP contribution in [0.25, 0.3) is 0 Å². The molecule has 94 valence electrons. The molecule has 0 radical (unpaired) electrons. The Hall–Kier alpha value is -0.570. The van der Waals surface area contributed by atoms with Gasteiger partial charge in [0, 0.05) is 17.6 Å². The zero-order valence-electron chi connectivity index (χ0n) is 10.3. The number of rotatable bonds is 4. The van der Waals surface area contributed by atoms with Crippen molar-refractivity contribution in [1.29, 1.82) is 0 Å². The van der Waals surface area contributed by atoms with Gasteiger partial charge < -0.3 is 5.11 Å². The molecule has 1 aliphatic heterocycles. The molecule has 0 aliphatic carbocycles. The van der Waals surface area contributed by atoms with Crippen LogP contribution >= 0.6 is 11.6 Å². The quantitative estimate of drug-likeness (QED) is 0.892. The smallest absolute Gasteiger partial charge is 0.0527 e. The highest BCUT2D eigenvalue weighted by Gasteiger charge is 2.25. The van der Waals surface area contributed by atoms with Crippen molar-refractivity contribution in [2.75, 3.05) is 6.54 Å². The van der Waals surface area contributed by atoms with Crippen molar-refractivity contribution in [2.45, 2.75) is 44.9 Å². The van der Waals surface area contributed by atoms with E-state index in [0.717, 1.165) is 24.5 Å². The third kappa shape index (κ3) is 3.44. The molecule has 0 bridgehead atoms. The van der Waals surface area contributed by atoms with Crippen LogP contribution in [0.2, 0.25) is 5.02 Å². The SMILES string of the molecule is CC(O)CC1CCCN1Cc1ccccc1Cl. The number of hydrogen-bond acceptors (Lipinski definition) is 2. The van der Waals surface area contributed by atoms with Crippen LogP contribution < -0.4 is 0 Å². The van der Waals surface area contributed by atoms with E-state index in [0.29, 0.717) is 6.04 Å². The number of nitrogens with zero attached hydrogens (tertiary/aromatic N) is 1. The second kappa shape index (κ2) is 5.85. The summed E-state index contributed by atoms with van der Waals surface area (Å²) in [4.78, 5) is 2.44. The maximum Gasteiger partial charge on any atom is 0.0527 e. The highest BCUT2D eigenvalue weighted by Crippen LogP contribution is 2.25. The molecular formula is C14H20ClNO. The maximum absolute atomic E-state index is 9.50. The largest absolute Gasteiger partial charge is 0.393 e. The Bertz CT molecular complexity index is 367. The Morgan fingerprint density at radius 3 is 2.94 bits per heavy atom. The zero-order chi connectivity index (χ0) is 12.3. The fraction of sp³-hybridized carbons (Fsp3) is 0.571. The molecule has 2 atom stereocenters. The van der Waals surface area contributed by atoms with E-state index in [1.807, 2.05) is 25.1 Å². The van der Waals surface area contributed by atoms with Crippen molar-refractivity contribution in [3.8, 4) is 0 Å². The second-order valence-electron chi connectivity index (χ2n) is 4.94. The first-order valence-electron chi connectivity index (χ1n) is 6.32. The molecule has 0 amide bonds. The number of aliphatic hydroxyl groups excluding tert-OH is 1. The van der Waals surface area contributed by atoms with E-state index >= 15 is 0 Å². The van der Waals surface area contributed by atoms with E-state index in [2.05, 4.69) is 11.0 Å². The Morgan fingerprint density at radius 2 is 2.24 bits per heavy atom. The monoisotopic (exact) mass is 253 g/mol. The molecule has 0 saturated carbocycles. The summed E-state index contributed by atoms with van der Waals surface area (Å²) in [6, 6.07) is 8.52. The second-order valence-corrected chi connectivity index (χ2v) is 5.35. The average molecular weight is 254 g/mol. The van der Waals surface area contributed by atoms with E-state index in [1.165, 1.54) is 18.4 Å². The van der Waals surface area contributed by atoms with Crippen LogP contribution in [0, 0.1) is 0 Å². The third-order valence-electron chi connectivity index (χ3n) is 3.44. The van der Waals surface area contributed by atoms with Crippen LogP contribution in [-0.2, 0) is 6.54 Å². The van der Waals surface area contributed by atoms with Gasteiger partial charge in [-0.2, -0.15) is 0 Å². The van der Waals surface area contributed by atoms with Gasteiger partial charge in [0.25, 0.3) is 0 Å². The lowest BCUT2D eigenvalue weighted by molar-refractivity contribution is 0.131. The van der Waals surface area contributed by atoms with Crippen LogP contribution in [0.3, 0.4) is 0 Å². The summed E-state index contributed by atoms with van der Waals surface area (Å²) in [5.74, 6) is 0. The summed E-state index contributed by atoms with van der Waals surface area (Å²) in [5.41, 5.74) is 1.19. The van der Waals surface area contributed by atoms with Crippen molar-refractivity contribution in [3.05, 3.63) is 34.9 Å². The highest BCUT2D eigenvalue weighted by molar-refractivity contribution is 6.31. The standard InChI is InChI=1S/C14H20ClNO/c1-11(17)9-13-6-4-8-16(13)10-12-5-2-3-7-14(12)15/h2-3,5,7,11,13,17H,4,6,8-10H2,1H3. The lowest BCUT2D eigenvalue weighted by atomic mass is 10.1. The molecule has 0 aromatic heterocycles. The molecule has 1 N–H and O–H groups in total. The molecule has 1 aromatic carbocycles. The van der Waals surface area contributed by atoms with Crippen molar-refractivity contribution >= 4 is 11.6 Å². The van der Waals surface area contributed by atoms with Crippen molar-refractivity contribution < 1.29 is 5.11 Å². The van der Waals surface area contributed by atoms with Crippen LogP contribution in [0.1, 0.15) is 31.7 Å². The first-order valence-corrected chi connectivity index (χ1v) is 6.70. The summed E-state index contributed by atoms with van der Waals surface area (Å²) in [6.45, 7) is 3.88. The molecule has 1 fully saturated rings. The van der Waals surface area contributed by atoms with E-state index in [4.69, 9.17) is 11.6 Å². The lowest BCUT2D eigenvalue weighted by Crippen LogP contribution is -2.31. The molecule has 2 unspecified atom stereocenters. The molecule has 0 spiro atoms. The predicted octanol–water partition coefficient (Wildman–Crippen LogP) is 3.08. The molecule has 1 saturated heterocycles. The topological polar surface area (TPSA) is 23.5 Å². The van der Waals surface area contributed by atoms with E-state index < -0.39 is 0 Å². The Kier molecular flexibility index (Phi) is 4.43. The Morgan fingerprint density at radius 1 is 1.47 bits per heavy atom. The normalized spacial score (nSPS) is 22.9. The zero-order valence-corrected chi connectivity index (χ0v) is 11.0. The van der Waals surface area contributed by atoms with Gasteiger partial charge in [-0.3, -0.25) is 4.90 Å². The Labute approximate surface area is 108 Å². The number of likely N-dealkylation sites (tertiary alicyclic amines) is 1. The van der Waals surface area contributed by atoms with Crippen molar-refractivity contribution in [2.24, 2.45) is 0 Å². The minimum absolute atomic E-state index is 0.216. The van der Waals surface area contributed by atoms with Gasteiger partial charge >= 0.3 is 0 Å². The fourth-order valence-corrected chi connectivity index (χ4v) is 2.80. The number of benzene rings is 1. The highest BCUT2D eigenvalue weighted by atomic mass is 35.5. The predicted molar refractivity (Wildman–Crippen MR) is 71.2 cm³/mol. The number of hydrogen-bond donors (Lipinski definition) is 1. The van der Waals surface area contributed by atoms with Gasteiger partial charge in [-0.25, -0.2) is 0 Å². The minimum atomic E-state index is -0.216. The van der Waals surface area contributed by atoms with Crippen molar-refractivity contribution in [1.82, 2.24) is 4.90 Å². The molecule has 2 nitrogen and oxygen atoms in total. The third-order valence-corrected chi connectivity index (χ3v) is 3.81. The van der Waals surface area contributed by atoms with E-state index in [-0.39, 0.29) is 6.10 Å². The summed E-state index contributed by atoms with van der Waals surface area (Å²) >= 11 is 6.18. The first kappa shape index (κ1) is 12.9.